The summed E-state index contributed by atoms with van der Waals surface area (Å²) in [6, 6.07) is 12.2. The minimum Gasteiger partial charge on any atom is -0.373 e. The standard InChI is InChI=1S/C21H21N5O3/c22-20(27)7-9-26-18-5-3-15(25-10-8-24-13-25)12-17(18)16-4-1-14(11-19(16)26)2-6-21(28)29-23/h1,3-5,8,10-13H,2,6-7,9,23H2,(H2,22,27). The predicted octanol–water partition coefficient (Wildman–Crippen LogP) is 2.21. The first-order valence-corrected chi connectivity index (χ1v) is 9.28. The average Bonchev–Trinajstić information content (AvgIpc) is 3.36. The van der Waals surface area contributed by atoms with E-state index in [1.54, 1.807) is 12.5 Å². The van der Waals surface area contributed by atoms with Gasteiger partial charge in [0.15, 0.2) is 0 Å². The number of rotatable bonds is 7. The summed E-state index contributed by atoms with van der Waals surface area (Å²) in [4.78, 5) is 31.1. The minimum absolute atomic E-state index is 0.203. The number of hydrogen-bond donors (Lipinski definition) is 2. The van der Waals surface area contributed by atoms with Gasteiger partial charge in [-0.15, -0.1) is 0 Å². The molecule has 29 heavy (non-hydrogen) atoms. The van der Waals surface area contributed by atoms with Crippen molar-refractivity contribution in [2.24, 2.45) is 11.6 Å². The number of carbonyl (C=O) groups is 2. The summed E-state index contributed by atoms with van der Waals surface area (Å²) in [6.45, 7) is 0.480. The normalized spacial score (nSPS) is 11.2. The van der Waals surface area contributed by atoms with Gasteiger partial charge < -0.3 is 19.7 Å². The van der Waals surface area contributed by atoms with Gasteiger partial charge in [-0.05, 0) is 36.2 Å². The van der Waals surface area contributed by atoms with Gasteiger partial charge in [-0.25, -0.2) is 4.98 Å². The van der Waals surface area contributed by atoms with Crippen molar-refractivity contribution in [2.45, 2.75) is 25.8 Å². The maximum absolute atomic E-state index is 11.4. The summed E-state index contributed by atoms with van der Waals surface area (Å²) in [5.41, 5.74) is 9.38. The maximum Gasteiger partial charge on any atom is 0.324 e. The van der Waals surface area contributed by atoms with E-state index in [1.165, 1.54) is 0 Å². The second-order valence-corrected chi connectivity index (χ2v) is 6.88. The summed E-state index contributed by atoms with van der Waals surface area (Å²) >= 11 is 0. The van der Waals surface area contributed by atoms with Crippen molar-refractivity contribution in [2.75, 3.05) is 0 Å². The van der Waals surface area contributed by atoms with Gasteiger partial charge in [0.1, 0.15) is 0 Å². The molecule has 0 bridgehead atoms. The van der Waals surface area contributed by atoms with Crippen LogP contribution in [0.25, 0.3) is 27.5 Å². The second kappa shape index (κ2) is 7.76. The molecule has 0 radical (unpaired) electrons. The second-order valence-electron chi connectivity index (χ2n) is 6.88. The van der Waals surface area contributed by atoms with Gasteiger partial charge in [0.2, 0.25) is 5.91 Å². The molecule has 2 heterocycles. The van der Waals surface area contributed by atoms with Crippen LogP contribution in [0, 0.1) is 0 Å². The number of nitrogens with zero attached hydrogens (tertiary/aromatic N) is 3. The molecule has 0 saturated carbocycles. The number of fused-ring (bicyclic) bond motifs is 3. The Balaban J connectivity index is 1.83. The zero-order chi connectivity index (χ0) is 20.4. The van der Waals surface area contributed by atoms with E-state index in [0.29, 0.717) is 13.0 Å². The number of primary amides is 1. The van der Waals surface area contributed by atoms with Gasteiger partial charge in [-0.3, -0.25) is 9.59 Å². The maximum atomic E-state index is 11.4. The summed E-state index contributed by atoms with van der Waals surface area (Å²) < 4.78 is 4.04. The molecule has 0 spiro atoms. The van der Waals surface area contributed by atoms with Crippen LogP contribution in [0.15, 0.2) is 55.1 Å². The zero-order valence-corrected chi connectivity index (χ0v) is 15.7. The molecule has 0 unspecified atom stereocenters. The van der Waals surface area contributed by atoms with Crippen LogP contribution in [0.5, 0.6) is 0 Å². The highest BCUT2D eigenvalue weighted by Gasteiger charge is 2.14. The largest absolute Gasteiger partial charge is 0.373 e. The van der Waals surface area contributed by atoms with Gasteiger partial charge in [0.25, 0.3) is 0 Å². The van der Waals surface area contributed by atoms with Gasteiger partial charge in [0.05, 0.1) is 12.7 Å². The Kier molecular flexibility index (Phi) is 5.01. The monoisotopic (exact) mass is 391 g/mol. The lowest BCUT2D eigenvalue weighted by Gasteiger charge is -2.08. The number of amides is 1. The Morgan fingerprint density at radius 2 is 1.90 bits per heavy atom. The first kappa shape index (κ1) is 18.7. The third-order valence-corrected chi connectivity index (χ3v) is 5.05. The van der Waals surface area contributed by atoms with Gasteiger partial charge >= 0.3 is 5.97 Å². The summed E-state index contributed by atoms with van der Waals surface area (Å²) in [6.07, 6.45) is 6.34. The molecule has 0 fully saturated rings. The number of aryl methyl sites for hydroxylation is 2. The summed E-state index contributed by atoms with van der Waals surface area (Å²) in [5.74, 6) is 4.12. The van der Waals surface area contributed by atoms with Gasteiger partial charge in [0, 0.05) is 52.9 Å². The van der Waals surface area contributed by atoms with E-state index in [9.17, 15) is 9.59 Å². The molecule has 0 aliphatic rings. The van der Waals surface area contributed by atoms with E-state index < -0.39 is 5.97 Å². The molecule has 1 amide bonds. The summed E-state index contributed by atoms with van der Waals surface area (Å²) in [5, 5.41) is 2.14. The number of carbonyl (C=O) groups excluding carboxylic acids is 2. The SMILES string of the molecule is NOC(=O)CCc1ccc2c3cc(-n4ccnc4)ccc3n(CCC(N)=O)c2c1. The van der Waals surface area contributed by atoms with Crippen molar-refractivity contribution in [1.29, 1.82) is 0 Å². The topological polar surface area (TPSA) is 118 Å². The number of nitrogens with two attached hydrogens (primary N) is 2. The molecular weight excluding hydrogens is 370 g/mol. The number of hydrogen-bond acceptors (Lipinski definition) is 5. The molecule has 4 rings (SSSR count). The molecule has 2 aromatic carbocycles. The number of imidazole rings is 1. The Morgan fingerprint density at radius 1 is 1.03 bits per heavy atom. The zero-order valence-electron chi connectivity index (χ0n) is 15.7. The van der Waals surface area contributed by atoms with Gasteiger partial charge in [-0.2, -0.15) is 5.90 Å². The van der Waals surface area contributed by atoms with Crippen LogP contribution in [0.1, 0.15) is 18.4 Å². The first-order chi connectivity index (χ1) is 14.1. The quantitative estimate of drug-likeness (QED) is 0.468. The Labute approximate surface area is 166 Å². The molecule has 8 nitrogen and oxygen atoms in total. The first-order valence-electron chi connectivity index (χ1n) is 9.28. The highest BCUT2D eigenvalue weighted by Crippen LogP contribution is 2.32. The molecule has 8 heteroatoms. The lowest BCUT2D eigenvalue weighted by Crippen LogP contribution is -2.13. The molecule has 4 aromatic rings. The van der Waals surface area contributed by atoms with Crippen molar-refractivity contribution in [1.82, 2.24) is 14.1 Å². The molecule has 0 saturated heterocycles. The Morgan fingerprint density at radius 3 is 2.62 bits per heavy atom. The smallest absolute Gasteiger partial charge is 0.324 e. The van der Waals surface area contributed by atoms with E-state index in [-0.39, 0.29) is 18.7 Å². The summed E-state index contributed by atoms with van der Waals surface area (Å²) in [7, 11) is 0. The van der Waals surface area contributed by atoms with Crippen LogP contribution < -0.4 is 11.6 Å². The molecule has 4 N–H and O–H groups in total. The van der Waals surface area contributed by atoms with Crippen LogP contribution in [0.2, 0.25) is 0 Å². The van der Waals surface area contributed by atoms with Crippen LogP contribution in [-0.4, -0.2) is 26.0 Å². The van der Waals surface area contributed by atoms with E-state index in [1.807, 2.05) is 41.1 Å². The molecule has 0 aliphatic carbocycles. The van der Waals surface area contributed by atoms with E-state index in [2.05, 4.69) is 20.5 Å². The fourth-order valence-electron chi connectivity index (χ4n) is 3.63. The fraction of sp³-hybridized carbons (Fsp3) is 0.190. The van der Waals surface area contributed by atoms with Gasteiger partial charge in [-0.1, -0.05) is 12.1 Å². The molecule has 0 aliphatic heterocycles. The Hall–Kier alpha value is -3.65. The lowest BCUT2D eigenvalue weighted by atomic mass is 10.1. The predicted molar refractivity (Wildman–Crippen MR) is 109 cm³/mol. The number of benzene rings is 2. The highest BCUT2D eigenvalue weighted by atomic mass is 16.7. The van der Waals surface area contributed by atoms with Crippen molar-refractivity contribution < 1.29 is 14.4 Å². The van der Waals surface area contributed by atoms with Crippen LogP contribution in [0.3, 0.4) is 0 Å². The molecule has 0 atom stereocenters. The third kappa shape index (κ3) is 3.70. The van der Waals surface area contributed by atoms with Crippen molar-refractivity contribution in [3.63, 3.8) is 0 Å². The fourth-order valence-corrected chi connectivity index (χ4v) is 3.63. The van der Waals surface area contributed by atoms with Crippen molar-refractivity contribution in [3.05, 3.63) is 60.7 Å². The number of aromatic nitrogens is 3. The van der Waals surface area contributed by atoms with E-state index in [4.69, 9.17) is 11.6 Å². The minimum atomic E-state index is -0.454. The van der Waals surface area contributed by atoms with E-state index in [0.717, 1.165) is 33.1 Å². The van der Waals surface area contributed by atoms with Crippen LogP contribution >= 0.6 is 0 Å². The molecular formula is C21H21N5O3. The van der Waals surface area contributed by atoms with Crippen LogP contribution in [0.4, 0.5) is 0 Å². The average molecular weight is 391 g/mol. The van der Waals surface area contributed by atoms with Crippen molar-refractivity contribution in [3.8, 4) is 5.69 Å². The third-order valence-electron chi connectivity index (χ3n) is 5.05. The van der Waals surface area contributed by atoms with Crippen molar-refractivity contribution >= 4 is 33.7 Å². The highest BCUT2D eigenvalue weighted by molar-refractivity contribution is 6.09. The molecule has 2 aromatic heterocycles. The Bertz CT molecular complexity index is 1190. The van der Waals surface area contributed by atoms with Crippen LogP contribution in [-0.2, 0) is 27.4 Å². The lowest BCUT2D eigenvalue weighted by molar-refractivity contribution is -0.144. The van der Waals surface area contributed by atoms with E-state index >= 15 is 0 Å². The molecule has 148 valence electrons.